The molecule has 2 rings (SSSR count). The van der Waals surface area contributed by atoms with Gasteiger partial charge in [0, 0.05) is 23.1 Å². The molecule has 6 nitrogen and oxygen atoms in total. The van der Waals surface area contributed by atoms with Gasteiger partial charge in [-0.1, -0.05) is 6.92 Å². The van der Waals surface area contributed by atoms with E-state index in [0.29, 0.717) is 24.4 Å². The Morgan fingerprint density at radius 2 is 2.08 bits per heavy atom. The minimum Gasteiger partial charge on any atom is -0.493 e. The summed E-state index contributed by atoms with van der Waals surface area (Å²) in [5.74, 6) is -0.873. The molecule has 0 saturated carbocycles. The van der Waals surface area contributed by atoms with Gasteiger partial charge in [0.25, 0.3) is 0 Å². The highest BCUT2D eigenvalue weighted by atomic mass is 16.5. The number of benzene rings is 1. The Hall–Kier alpha value is -2.76. The quantitative estimate of drug-likeness (QED) is 0.750. The van der Waals surface area contributed by atoms with Crippen LogP contribution in [0, 0.1) is 6.92 Å². The number of allylic oxidation sites excluding steroid dienone is 1. The number of hydrogen-bond donors (Lipinski definition) is 2. The predicted molar refractivity (Wildman–Crippen MR) is 95.6 cm³/mol. The van der Waals surface area contributed by atoms with Crippen LogP contribution in [-0.2, 0) is 9.59 Å². The van der Waals surface area contributed by atoms with Crippen LogP contribution in [0.3, 0.4) is 0 Å². The summed E-state index contributed by atoms with van der Waals surface area (Å²) in [6.07, 6.45) is 3.39. The highest BCUT2D eigenvalue weighted by Crippen LogP contribution is 2.33. The minimum absolute atomic E-state index is 0.318. The Morgan fingerprint density at radius 1 is 1.36 bits per heavy atom. The molecule has 0 spiro atoms. The van der Waals surface area contributed by atoms with Crippen molar-refractivity contribution in [3.05, 3.63) is 35.6 Å². The zero-order valence-electron chi connectivity index (χ0n) is 14.9. The number of amides is 1. The number of carbonyl (C=O) groups is 2. The van der Waals surface area contributed by atoms with E-state index in [1.807, 2.05) is 26.0 Å². The Balaban J connectivity index is 2.37. The first-order valence-electron chi connectivity index (χ1n) is 8.24. The number of aliphatic carboxylic acids is 1. The largest absolute Gasteiger partial charge is 0.493 e. The first-order valence-corrected chi connectivity index (χ1v) is 8.24. The number of carboxylic acid groups (broad SMARTS) is 1. The zero-order valence-corrected chi connectivity index (χ0v) is 14.9. The SMILES string of the molecule is CCOc1cc2occ(C)c2cc1/C(C)=C/C(=O)NC(CC)C(=O)O. The monoisotopic (exact) mass is 345 g/mol. The lowest BCUT2D eigenvalue weighted by Crippen LogP contribution is -2.39. The molecule has 2 aromatic rings. The molecule has 6 heteroatoms. The number of carboxylic acids is 1. The second kappa shape index (κ2) is 7.88. The summed E-state index contributed by atoms with van der Waals surface area (Å²) in [7, 11) is 0. The van der Waals surface area contributed by atoms with Crippen molar-refractivity contribution < 1.29 is 23.8 Å². The van der Waals surface area contributed by atoms with E-state index in [4.69, 9.17) is 14.3 Å². The highest BCUT2D eigenvalue weighted by molar-refractivity contribution is 5.98. The summed E-state index contributed by atoms with van der Waals surface area (Å²) in [5, 5.41) is 12.5. The maximum absolute atomic E-state index is 12.1. The van der Waals surface area contributed by atoms with Gasteiger partial charge in [-0.3, -0.25) is 4.79 Å². The van der Waals surface area contributed by atoms with Crippen molar-refractivity contribution >= 4 is 28.4 Å². The Kier molecular flexibility index (Phi) is 5.85. The number of rotatable bonds is 7. The summed E-state index contributed by atoms with van der Waals surface area (Å²) in [6, 6.07) is 2.83. The van der Waals surface area contributed by atoms with Crippen molar-refractivity contribution in [1.29, 1.82) is 0 Å². The molecule has 0 aliphatic heterocycles. The average molecular weight is 345 g/mol. The van der Waals surface area contributed by atoms with Crippen molar-refractivity contribution in [3.63, 3.8) is 0 Å². The van der Waals surface area contributed by atoms with Gasteiger partial charge in [0.05, 0.1) is 12.9 Å². The van der Waals surface area contributed by atoms with Gasteiger partial charge in [-0.2, -0.15) is 0 Å². The second-order valence-corrected chi connectivity index (χ2v) is 5.83. The fourth-order valence-corrected chi connectivity index (χ4v) is 2.59. The standard InChI is InChI=1S/C19H23NO5/c1-5-15(19(22)23)20-18(21)7-11(3)13-8-14-12(4)10-25-17(14)9-16(13)24-6-2/h7-10,15H,5-6H2,1-4H3,(H,20,21)(H,22,23)/b11-7+. The van der Waals surface area contributed by atoms with Gasteiger partial charge in [0.1, 0.15) is 17.4 Å². The van der Waals surface area contributed by atoms with E-state index in [1.54, 1.807) is 20.1 Å². The van der Waals surface area contributed by atoms with Crippen LogP contribution in [0.25, 0.3) is 16.5 Å². The van der Waals surface area contributed by atoms with Crippen LogP contribution < -0.4 is 10.1 Å². The van der Waals surface area contributed by atoms with E-state index in [2.05, 4.69) is 5.32 Å². The Bertz CT molecular complexity index is 819. The fourth-order valence-electron chi connectivity index (χ4n) is 2.59. The smallest absolute Gasteiger partial charge is 0.326 e. The number of hydrogen-bond acceptors (Lipinski definition) is 4. The molecule has 1 unspecified atom stereocenters. The molecule has 1 amide bonds. The lowest BCUT2D eigenvalue weighted by Gasteiger charge is -2.13. The molecule has 25 heavy (non-hydrogen) atoms. The van der Waals surface area contributed by atoms with Crippen molar-refractivity contribution in [3.8, 4) is 5.75 Å². The minimum atomic E-state index is -1.05. The molecule has 0 aliphatic carbocycles. The number of carbonyl (C=O) groups excluding carboxylic acids is 1. The van der Waals surface area contributed by atoms with Gasteiger partial charge in [-0.25, -0.2) is 4.79 Å². The average Bonchev–Trinajstić information content (AvgIpc) is 2.92. The van der Waals surface area contributed by atoms with E-state index in [9.17, 15) is 9.59 Å². The number of fused-ring (bicyclic) bond motifs is 1. The summed E-state index contributed by atoms with van der Waals surface area (Å²) in [6.45, 7) is 7.81. The van der Waals surface area contributed by atoms with Crippen LogP contribution in [0.5, 0.6) is 5.75 Å². The molecule has 134 valence electrons. The maximum Gasteiger partial charge on any atom is 0.326 e. The topological polar surface area (TPSA) is 88.8 Å². The summed E-state index contributed by atoms with van der Waals surface area (Å²) >= 11 is 0. The maximum atomic E-state index is 12.1. The van der Waals surface area contributed by atoms with E-state index in [-0.39, 0.29) is 0 Å². The Morgan fingerprint density at radius 3 is 2.68 bits per heavy atom. The van der Waals surface area contributed by atoms with Gasteiger partial charge < -0.3 is 19.6 Å². The molecule has 0 aliphatic rings. The molecule has 0 radical (unpaired) electrons. The first kappa shape index (κ1) is 18.6. The lowest BCUT2D eigenvalue weighted by molar-refractivity contribution is -0.141. The molecular weight excluding hydrogens is 322 g/mol. The second-order valence-electron chi connectivity index (χ2n) is 5.83. The van der Waals surface area contributed by atoms with Crippen LogP contribution in [-0.4, -0.2) is 29.6 Å². The number of ether oxygens (including phenoxy) is 1. The van der Waals surface area contributed by atoms with Gasteiger partial charge in [-0.05, 0) is 44.4 Å². The Labute approximate surface area is 146 Å². The van der Waals surface area contributed by atoms with Crippen LogP contribution >= 0.6 is 0 Å². The van der Waals surface area contributed by atoms with Crippen LogP contribution in [0.1, 0.15) is 38.3 Å². The van der Waals surface area contributed by atoms with Gasteiger partial charge in [0.2, 0.25) is 5.91 Å². The third-order valence-corrected chi connectivity index (χ3v) is 3.96. The van der Waals surface area contributed by atoms with Crippen molar-refractivity contribution in [1.82, 2.24) is 5.32 Å². The third kappa shape index (κ3) is 4.21. The summed E-state index contributed by atoms with van der Waals surface area (Å²) in [5.41, 5.74) is 3.17. The molecule has 0 bridgehead atoms. The molecule has 2 N–H and O–H groups in total. The van der Waals surface area contributed by atoms with Gasteiger partial charge in [-0.15, -0.1) is 0 Å². The molecule has 1 atom stereocenters. The fraction of sp³-hybridized carbons (Fsp3) is 0.368. The summed E-state index contributed by atoms with van der Waals surface area (Å²) in [4.78, 5) is 23.2. The molecule has 0 fully saturated rings. The van der Waals surface area contributed by atoms with E-state index in [1.165, 1.54) is 6.08 Å². The number of furan rings is 1. The normalized spacial score (nSPS) is 12.9. The predicted octanol–water partition coefficient (Wildman–Crippen LogP) is 3.52. The molecular formula is C19H23NO5. The lowest BCUT2D eigenvalue weighted by atomic mass is 10.0. The molecule has 1 heterocycles. The first-order chi connectivity index (χ1) is 11.9. The number of nitrogens with one attached hydrogen (secondary N) is 1. The van der Waals surface area contributed by atoms with Gasteiger partial charge >= 0.3 is 5.97 Å². The van der Waals surface area contributed by atoms with Crippen LogP contribution in [0.4, 0.5) is 0 Å². The molecule has 1 aromatic heterocycles. The van der Waals surface area contributed by atoms with Crippen LogP contribution in [0.2, 0.25) is 0 Å². The number of aryl methyl sites for hydroxylation is 1. The van der Waals surface area contributed by atoms with E-state index in [0.717, 1.165) is 22.1 Å². The third-order valence-electron chi connectivity index (χ3n) is 3.96. The zero-order chi connectivity index (χ0) is 18.6. The molecule has 1 aromatic carbocycles. The van der Waals surface area contributed by atoms with E-state index >= 15 is 0 Å². The summed E-state index contributed by atoms with van der Waals surface area (Å²) < 4.78 is 11.2. The van der Waals surface area contributed by atoms with Crippen molar-refractivity contribution in [2.45, 2.75) is 40.2 Å². The van der Waals surface area contributed by atoms with Crippen molar-refractivity contribution in [2.75, 3.05) is 6.61 Å². The molecule has 0 saturated heterocycles. The highest BCUT2D eigenvalue weighted by Gasteiger charge is 2.17. The van der Waals surface area contributed by atoms with Crippen LogP contribution in [0.15, 0.2) is 28.9 Å². The van der Waals surface area contributed by atoms with E-state index < -0.39 is 17.9 Å². The van der Waals surface area contributed by atoms with Gasteiger partial charge in [0.15, 0.2) is 0 Å². The van der Waals surface area contributed by atoms with Crippen molar-refractivity contribution in [2.24, 2.45) is 0 Å².